The van der Waals surface area contributed by atoms with E-state index in [-0.39, 0.29) is 27.9 Å². The lowest BCUT2D eigenvalue weighted by atomic mass is 10.2. The molecule has 0 aliphatic rings. The van der Waals surface area contributed by atoms with Crippen LogP contribution in [-0.2, 0) is 32.1 Å². The second kappa shape index (κ2) is 7.83. The third-order valence-corrected chi connectivity index (χ3v) is 5.68. The zero-order valence-electron chi connectivity index (χ0n) is 15.3. The number of halogens is 4. The first kappa shape index (κ1) is 22.0. The molecule has 0 N–H and O–H groups in total. The fourth-order valence-corrected chi connectivity index (χ4v) is 3.79. The van der Waals surface area contributed by atoms with Gasteiger partial charge in [-0.05, 0) is 34.1 Å². The molecule has 14 heteroatoms. The molecule has 0 saturated heterocycles. The number of alkyl halides is 3. The number of carbonyl (C=O) groups excluding carboxylic acids is 1. The van der Waals surface area contributed by atoms with Crippen LogP contribution >= 0.6 is 15.9 Å². The number of esters is 1. The van der Waals surface area contributed by atoms with Gasteiger partial charge in [0.05, 0.1) is 16.5 Å². The topological polar surface area (TPSA) is 117 Å². The van der Waals surface area contributed by atoms with Crippen molar-refractivity contribution in [2.45, 2.75) is 17.6 Å². The lowest BCUT2D eigenvalue weighted by Gasteiger charge is -2.03. The van der Waals surface area contributed by atoms with Gasteiger partial charge >= 0.3 is 12.1 Å². The van der Waals surface area contributed by atoms with Crippen molar-refractivity contribution < 1.29 is 35.6 Å². The van der Waals surface area contributed by atoms with Crippen molar-refractivity contribution in [1.29, 1.82) is 0 Å². The highest BCUT2D eigenvalue weighted by Gasteiger charge is 2.40. The zero-order chi connectivity index (χ0) is 22.3. The van der Waals surface area contributed by atoms with Crippen molar-refractivity contribution in [3.63, 3.8) is 0 Å². The standard InChI is InChI=1S/C16H12BrF3N4O5S/c1-28-10(25)7-24-12(11(17)13(22-24)16(18,19)20)14-21-15(29-23-14)8-4-3-5-9(6-8)30(2,26)27/h3-6H,7H2,1-2H3. The summed E-state index contributed by atoms with van der Waals surface area (Å²) in [7, 11) is -2.43. The van der Waals surface area contributed by atoms with Gasteiger partial charge in [-0.15, -0.1) is 0 Å². The second-order valence-corrected chi connectivity index (χ2v) is 8.77. The van der Waals surface area contributed by atoms with Crippen LogP contribution < -0.4 is 0 Å². The molecular formula is C16H12BrF3N4O5S. The molecular weight excluding hydrogens is 497 g/mol. The minimum absolute atomic E-state index is 0.00368. The van der Waals surface area contributed by atoms with Gasteiger partial charge in [0.15, 0.2) is 15.5 Å². The second-order valence-electron chi connectivity index (χ2n) is 5.97. The number of hydrogen-bond donors (Lipinski definition) is 0. The number of rotatable bonds is 5. The quantitative estimate of drug-likeness (QED) is 0.482. The highest BCUT2D eigenvalue weighted by Crippen LogP contribution is 2.39. The van der Waals surface area contributed by atoms with Gasteiger partial charge in [0, 0.05) is 11.8 Å². The number of ether oxygens (including phenoxy) is 1. The Hall–Kier alpha value is -2.74. The number of hydrogen-bond acceptors (Lipinski definition) is 8. The van der Waals surface area contributed by atoms with Gasteiger partial charge < -0.3 is 9.26 Å². The average Bonchev–Trinajstić information content (AvgIpc) is 3.25. The predicted octanol–water partition coefficient (Wildman–Crippen LogP) is 2.96. The highest BCUT2D eigenvalue weighted by molar-refractivity contribution is 9.10. The Morgan fingerprint density at radius 3 is 2.63 bits per heavy atom. The van der Waals surface area contributed by atoms with Crippen LogP contribution in [0.15, 0.2) is 38.2 Å². The molecule has 0 saturated carbocycles. The first-order chi connectivity index (χ1) is 13.9. The molecule has 0 radical (unpaired) electrons. The Kier molecular flexibility index (Phi) is 5.73. The Morgan fingerprint density at radius 1 is 1.33 bits per heavy atom. The fraction of sp³-hybridized carbons (Fsp3) is 0.250. The molecule has 0 atom stereocenters. The summed E-state index contributed by atoms with van der Waals surface area (Å²) in [5.41, 5.74) is -1.31. The summed E-state index contributed by atoms with van der Waals surface area (Å²) in [6.07, 6.45) is -3.79. The maximum Gasteiger partial charge on any atom is 0.436 e. The summed E-state index contributed by atoms with van der Waals surface area (Å²) in [5, 5.41) is 7.08. The van der Waals surface area contributed by atoms with Gasteiger partial charge in [-0.1, -0.05) is 11.2 Å². The van der Waals surface area contributed by atoms with Gasteiger partial charge in [0.1, 0.15) is 12.2 Å². The van der Waals surface area contributed by atoms with Gasteiger partial charge in [-0.3, -0.25) is 4.79 Å². The summed E-state index contributed by atoms with van der Waals surface area (Å²) in [6.45, 7) is -0.631. The summed E-state index contributed by atoms with van der Waals surface area (Å²) < 4.78 is 73.1. The molecule has 2 heterocycles. The lowest BCUT2D eigenvalue weighted by Crippen LogP contribution is -2.15. The van der Waals surface area contributed by atoms with Crippen molar-refractivity contribution >= 4 is 31.7 Å². The SMILES string of the molecule is COC(=O)Cn1nc(C(F)(F)F)c(Br)c1-c1noc(-c2cccc(S(C)(=O)=O)c2)n1. The molecule has 9 nitrogen and oxygen atoms in total. The molecule has 1 aromatic carbocycles. The largest absolute Gasteiger partial charge is 0.468 e. The number of benzene rings is 1. The Labute approximate surface area is 175 Å². The molecule has 3 aromatic rings. The Balaban J connectivity index is 2.11. The first-order valence-electron chi connectivity index (χ1n) is 7.96. The van der Waals surface area contributed by atoms with Crippen molar-refractivity contribution in [2.24, 2.45) is 0 Å². The maximum absolute atomic E-state index is 13.3. The summed E-state index contributed by atoms with van der Waals surface area (Å²) in [4.78, 5) is 15.6. The molecule has 0 amide bonds. The van der Waals surface area contributed by atoms with Gasteiger partial charge in [-0.25, -0.2) is 13.1 Å². The third kappa shape index (κ3) is 4.38. The first-order valence-corrected chi connectivity index (χ1v) is 10.6. The molecule has 0 aliphatic carbocycles. The van der Waals surface area contributed by atoms with Crippen LogP contribution in [0.3, 0.4) is 0 Å². The van der Waals surface area contributed by atoms with E-state index in [1.807, 2.05) is 0 Å². The van der Waals surface area contributed by atoms with E-state index in [9.17, 15) is 26.4 Å². The van der Waals surface area contributed by atoms with Crippen molar-refractivity contribution in [3.8, 4) is 23.0 Å². The smallest absolute Gasteiger partial charge is 0.436 e. The molecule has 0 bridgehead atoms. The molecule has 30 heavy (non-hydrogen) atoms. The average molecular weight is 509 g/mol. The highest BCUT2D eigenvalue weighted by atomic mass is 79.9. The fourth-order valence-electron chi connectivity index (χ4n) is 2.43. The van der Waals surface area contributed by atoms with Gasteiger partial charge in [0.2, 0.25) is 5.82 Å². The Morgan fingerprint density at radius 2 is 2.03 bits per heavy atom. The monoisotopic (exact) mass is 508 g/mol. The molecule has 2 aromatic heterocycles. The van der Waals surface area contributed by atoms with Crippen LogP contribution in [0.4, 0.5) is 13.2 Å². The van der Waals surface area contributed by atoms with Crippen LogP contribution in [0.1, 0.15) is 5.69 Å². The minimum atomic E-state index is -4.81. The van der Waals surface area contributed by atoms with E-state index in [1.165, 1.54) is 24.3 Å². The number of aromatic nitrogens is 4. The van der Waals surface area contributed by atoms with Crippen molar-refractivity contribution in [2.75, 3.05) is 13.4 Å². The predicted molar refractivity (Wildman–Crippen MR) is 98.8 cm³/mol. The van der Waals surface area contributed by atoms with E-state index in [0.717, 1.165) is 18.0 Å². The van der Waals surface area contributed by atoms with Gasteiger partial charge in [-0.2, -0.15) is 23.3 Å². The number of methoxy groups -OCH3 is 1. The molecule has 3 rings (SSSR count). The number of sulfone groups is 1. The normalized spacial score (nSPS) is 12.2. The molecule has 0 unspecified atom stereocenters. The zero-order valence-corrected chi connectivity index (χ0v) is 17.7. The van der Waals surface area contributed by atoms with Crippen LogP contribution in [-0.4, -0.2) is 47.7 Å². The summed E-state index contributed by atoms with van der Waals surface area (Å²) in [6, 6.07) is 5.60. The number of carbonyl (C=O) groups is 1. The van der Waals surface area contributed by atoms with E-state index in [0.29, 0.717) is 0 Å². The number of nitrogens with zero attached hydrogens (tertiary/aromatic N) is 4. The van der Waals surface area contributed by atoms with E-state index in [2.05, 4.69) is 35.9 Å². The van der Waals surface area contributed by atoms with E-state index in [4.69, 9.17) is 4.52 Å². The molecule has 0 fully saturated rings. The van der Waals surface area contributed by atoms with Crippen LogP contribution in [0.2, 0.25) is 0 Å². The molecule has 0 aliphatic heterocycles. The van der Waals surface area contributed by atoms with Crippen molar-refractivity contribution in [1.82, 2.24) is 19.9 Å². The summed E-state index contributed by atoms with van der Waals surface area (Å²) >= 11 is 2.83. The van der Waals surface area contributed by atoms with E-state index < -0.39 is 38.7 Å². The van der Waals surface area contributed by atoms with Crippen LogP contribution in [0.25, 0.3) is 23.0 Å². The van der Waals surface area contributed by atoms with Gasteiger partial charge in [0.25, 0.3) is 5.89 Å². The third-order valence-electron chi connectivity index (χ3n) is 3.82. The van der Waals surface area contributed by atoms with E-state index in [1.54, 1.807) is 0 Å². The van der Waals surface area contributed by atoms with Crippen LogP contribution in [0, 0.1) is 0 Å². The van der Waals surface area contributed by atoms with E-state index >= 15 is 0 Å². The summed E-state index contributed by atoms with van der Waals surface area (Å²) in [5.74, 6) is -1.28. The lowest BCUT2D eigenvalue weighted by molar-refractivity contribution is -0.144. The maximum atomic E-state index is 13.3. The Bertz CT molecular complexity index is 1220. The van der Waals surface area contributed by atoms with Crippen molar-refractivity contribution in [3.05, 3.63) is 34.4 Å². The molecule has 0 spiro atoms. The van der Waals surface area contributed by atoms with Crippen LogP contribution in [0.5, 0.6) is 0 Å². The molecule has 160 valence electrons. The minimum Gasteiger partial charge on any atom is -0.468 e.